The number of amides is 1. The number of carbonyl (C=O) groups is 1. The van der Waals surface area contributed by atoms with Gasteiger partial charge in [-0.3, -0.25) is 4.79 Å². The smallest absolute Gasteiger partial charge is 0.245 e. The van der Waals surface area contributed by atoms with Gasteiger partial charge >= 0.3 is 0 Å². The molecule has 1 aliphatic rings. The highest BCUT2D eigenvalue weighted by molar-refractivity contribution is 5.76. The average Bonchev–Trinajstić information content (AvgIpc) is 2.16. The van der Waals surface area contributed by atoms with E-state index in [1.54, 1.807) is 0 Å². The van der Waals surface area contributed by atoms with Crippen LogP contribution in [0.2, 0.25) is 0 Å². The Morgan fingerprint density at radius 1 is 1.67 bits per heavy atom. The zero-order chi connectivity index (χ0) is 8.81. The van der Waals surface area contributed by atoms with Crippen LogP contribution in [0.4, 0.5) is 0 Å². The summed E-state index contributed by atoms with van der Waals surface area (Å²) < 4.78 is 5.23. The van der Waals surface area contributed by atoms with Crippen LogP contribution in [0.1, 0.15) is 12.8 Å². The molecule has 0 bridgehead atoms. The molecule has 12 heavy (non-hydrogen) atoms. The van der Waals surface area contributed by atoms with Crippen molar-refractivity contribution in [3.63, 3.8) is 0 Å². The van der Waals surface area contributed by atoms with E-state index in [1.165, 1.54) is 0 Å². The van der Waals surface area contributed by atoms with E-state index < -0.39 is 6.61 Å². The van der Waals surface area contributed by atoms with Crippen molar-refractivity contribution in [2.24, 2.45) is 5.92 Å². The summed E-state index contributed by atoms with van der Waals surface area (Å²) in [7, 11) is 0. The Hall–Kier alpha value is -0.610. The molecule has 1 heterocycles. The first-order valence-electron chi connectivity index (χ1n) is 4.28. The molecular weight excluding hydrogens is 158 g/mol. The molecule has 1 aliphatic heterocycles. The largest absolute Gasteiger partial charge is 0.387 e. The maximum Gasteiger partial charge on any atom is 0.245 e. The summed E-state index contributed by atoms with van der Waals surface area (Å²) >= 11 is 0. The molecule has 1 amide bonds. The van der Waals surface area contributed by atoms with Gasteiger partial charge in [-0.1, -0.05) is 0 Å². The number of rotatable bonds is 3. The fraction of sp³-hybridized carbons (Fsp3) is 0.875. The predicted octanol–water partition coefficient (Wildman–Crippen LogP) is -0.479. The number of hydrogen-bond acceptors (Lipinski definition) is 3. The molecule has 1 fully saturated rings. The summed E-state index contributed by atoms with van der Waals surface area (Å²) in [4.78, 5) is 10.7. The van der Waals surface area contributed by atoms with Gasteiger partial charge in [0, 0.05) is 13.2 Å². The molecule has 0 radical (unpaired) electrons. The Labute approximate surface area is 71.9 Å². The second-order valence-electron chi connectivity index (χ2n) is 3.05. The summed E-state index contributed by atoms with van der Waals surface area (Å²) in [5, 5.41) is 11.1. The maximum absolute atomic E-state index is 10.7. The normalized spacial score (nSPS) is 23.6. The van der Waals surface area contributed by atoms with E-state index in [0.717, 1.165) is 26.1 Å². The number of hydrogen-bond donors (Lipinski definition) is 2. The third kappa shape index (κ3) is 3.19. The summed E-state index contributed by atoms with van der Waals surface area (Å²) in [6.45, 7) is 1.77. The molecule has 0 aromatic carbocycles. The lowest BCUT2D eigenvalue weighted by atomic mass is 10.0. The molecule has 1 saturated heterocycles. The van der Waals surface area contributed by atoms with Gasteiger partial charge in [-0.25, -0.2) is 0 Å². The van der Waals surface area contributed by atoms with Crippen molar-refractivity contribution >= 4 is 5.91 Å². The molecule has 1 atom stereocenters. The van der Waals surface area contributed by atoms with Crippen LogP contribution in [0.25, 0.3) is 0 Å². The Morgan fingerprint density at radius 2 is 2.50 bits per heavy atom. The molecule has 0 spiro atoms. The molecule has 70 valence electrons. The van der Waals surface area contributed by atoms with Crippen LogP contribution in [0.15, 0.2) is 0 Å². The first-order chi connectivity index (χ1) is 5.83. The van der Waals surface area contributed by atoms with Crippen LogP contribution in [0, 0.1) is 5.92 Å². The van der Waals surface area contributed by atoms with Crippen molar-refractivity contribution in [2.75, 3.05) is 26.4 Å². The molecule has 4 nitrogen and oxygen atoms in total. The van der Waals surface area contributed by atoms with Gasteiger partial charge in [-0.2, -0.15) is 0 Å². The van der Waals surface area contributed by atoms with Crippen LogP contribution in [-0.4, -0.2) is 37.4 Å². The topological polar surface area (TPSA) is 58.6 Å². The van der Waals surface area contributed by atoms with Gasteiger partial charge in [0.2, 0.25) is 5.91 Å². The molecule has 1 rings (SSSR count). The summed E-state index contributed by atoms with van der Waals surface area (Å²) in [5.41, 5.74) is 0. The average molecular weight is 173 g/mol. The van der Waals surface area contributed by atoms with Gasteiger partial charge in [-0.05, 0) is 18.8 Å². The van der Waals surface area contributed by atoms with Crippen molar-refractivity contribution in [2.45, 2.75) is 12.8 Å². The SMILES string of the molecule is O=C(CO)NCC1CCCOC1. The van der Waals surface area contributed by atoms with Crippen LogP contribution in [0.3, 0.4) is 0 Å². The van der Waals surface area contributed by atoms with E-state index in [4.69, 9.17) is 9.84 Å². The van der Waals surface area contributed by atoms with Crippen molar-refractivity contribution in [3.05, 3.63) is 0 Å². The lowest BCUT2D eigenvalue weighted by Gasteiger charge is -2.21. The highest BCUT2D eigenvalue weighted by atomic mass is 16.5. The van der Waals surface area contributed by atoms with Crippen LogP contribution >= 0.6 is 0 Å². The lowest BCUT2D eigenvalue weighted by Crippen LogP contribution is -2.34. The Balaban J connectivity index is 2.09. The molecule has 2 N–H and O–H groups in total. The van der Waals surface area contributed by atoms with Crippen molar-refractivity contribution in [1.29, 1.82) is 0 Å². The fourth-order valence-electron chi connectivity index (χ4n) is 1.28. The van der Waals surface area contributed by atoms with Gasteiger partial charge in [-0.15, -0.1) is 0 Å². The van der Waals surface area contributed by atoms with Crippen LogP contribution in [0.5, 0.6) is 0 Å². The Kier molecular flexibility index (Phi) is 4.04. The first kappa shape index (κ1) is 9.48. The molecule has 0 aliphatic carbocycles. The van der Waals surface area contributed by atoms with Gasteiger partial charge in [0.05, 0.1) is 6.61 Å². The second kappa shape index (κ2) is 5.11. The number of aliphatic hydroxyl groups excluding tert-OH is 1. The summed E-state index contributed by atoms with van der Waals surface area (Å²) in [6.07, 6.45) is 2.17. The minimum Gasteiger partial charge on any atom is -0.387 e. The monoisotopic (exact) mass is 173 g/mol. The quantitative estimate of drug-likeness (QED) is 0.606. The highest BCUT2D eigenvalue weighted by Crippen LogP contribution is 2.11. The fourth-order valence-corrected chi connectivity index (χ4v) is 1.28. The number of ether oxygens (including phenoxy) is 1. The molecular formula is C8H15NO3. The molecule has 0 aromatic rings. The van der Waals surface area contributed by atoms with Gasteiger partial charge < -0.3 is 15.2 Å². The third-order valence-electron chi connectivity index (χ3n) is 1.99. The van der Waals surface area contributed by atoms with E-state index in [2.05, 4.69) is 5.32 Å². The van der Waals surface area contributed by atoms with Crippen LogP contribution < -0.4 is 5.32 Å². The number of aliphatic hydroxyl groups is 1. The van der Waals surface area contributed by atoms with Crippen molar-refractivity contribution in [3.8, 4) is 0 Å². The van der Waals surface area contributed by atoms with E-state index in [9.17, 15) is 4.79 Å². The molecule has 0 saturated carbocycles. The highest BCUT2D eigenvalue weighted by Gasteiger charge is 2.13. The van der Waals surface area contributed by atoms with Gasteiger partial charge in [0.25, 0.3) is 0 Å². The first-order valence-corrected chi connectivity index (χ1v) is 4.28. The zero-order valence-corrected chi connectivity index (χ0v) is 7.08. The zero-order valence-electron chi connectivity index (χ0n) is 7.08. The van der Waals surface area contributed by atoms with Gasteiger partial charge in [0.1, 0.15) is 6.61 Å². The van der Waals surface area contributed by atoms with E-state index >= 15 is 0 Å². The number of carbonyl (C=O) groups excluding carboxylic acids is 1. The standard InChI is InChI=1S/C8H15NO3/c10-5-8(11)9-4-7-2-1-3-12-6-7/h7,10H,1-6H2,(H,9,11). The number of nitrogens with one attached hydrogen (secondary N) is 1. The van der Waals surface area contributed by atoms with Gasteiger partial charge in [0.15, 0.2) is 0 Å². The minimum atomic E-state index is -0.423. The van der Waals surface area contributed by atoms with E-state index in [1.807, 2.05) is 0 Å². The lowest BCUT2D eigenvalue weighted by molar-refractivity contribution is -0.124. The third-order valence-corrected chi connectivity index (χ3v) is 1.99. The maximum atomic E-state index is 10.7. The van der Waals surface area contributed by atoms with Crippen molar-refractivity contribution in [1.82, 2.24) is 5.32 Å². The Bertz CT molecular complexity index is 143. The Morgan fingerprint density at radius 3 is 3.08 bits per heavy atom. The summed E-state index contributed by atoms with van der Waals surface area (Å²) in [5.74, 6) is 0.120. The summed E-state index contributed by atoms with van der Waals surface area (Å²) in [6, 6.07) is 0. The van der Waals surface area contributed by atoms with Crippen LogP contribution in [-0.2, 0) is 9.53 Å². The van der Waals surface area contributed by atoms with E-state index in [-0.39, 0.29) is 5.91 Å². The minimum absolute atomic E-state index is 0.305. The molecule has 4 heteroatoms. The molecule has 1 unspecified atom stereocenters. The molecule has 0 aromatic heterocycles. The predicted molar refractivity (Wildman–Crippen MR) is 43.6 cm³/mol. The van der Waals surface area contributed by atoms with Crippen molar-refractivity contribution < 1.29 is 14.6 Å². The van der Waals surface area contributed by atoms with E-state index in [0.29, 0.717) is 12.5 Å². The second-order valence-corrected chi connectivity index (χ2v) is 3.05.